The Morgan fingerprint density at radius 2 is 1.79 bits per heavy atom. The van der Waals surface area contributed by atoms with Crippen molar-refractivity contribution in [1.29, 1.82) is 0 Å². The highest BCUT2D eigenvalue weighted by Gasteiger charge is 2.17. The van der Waals surface area contributed by atoms with E-state index in [1.54, 1.807) is 0 Å². The number of hydrogen-bond donors (Lipinski definition) is 2. The number of guanidine groups is 1. The first-order valence-electron chi connectivity index (χ1n) is 10.9. The average Bonchev–Trinajstić information content (AvgIpc) is 2.75. The van der Waals surface area contributed by atoms with Gasteiger partial charge in [0.15, 0.2) is 5.96 Å². The Morgan fingerprint density at radius 3 is 2.41 bits per heavy atom. The van der Waals surface area contributed by atoms with E-state index >= 15 is 0 Å². The molecule has 0 amide bonds. The third-order valence-corrected chi connectivity index (χ3v) is 5.25. The molecule has 0 aromatic heterocycles. The van der Waals surface area contributed by atoms with Crippen LogP contribution in [0.3, 0.4) is 0 Å². The van der Waals surface area contributed by atoms with Crippen molar-refractivity contribution in [2.24, 2.45) is 4.99 Å². The Hall–Kier alpha value is -0.900. The van der Waals surface area contributed by atoms with Crippen LogP contribution in [0, 0.1) is 0 Å². The second kappa shape index (κ2) is 15.9. The van der Waals surface area contributed by atoms with Crippen molar-refractivity contribution in [2.45, 2.75) is 33.2 Å². The summed E-state index contributed by atoms with van der Waals surface area (Å²) in [5.74, 6) is 0.914. The minimum absolute atomic E-state index is 0. The Kier molecular flexibility index (Phi) is 14.3. The van der Waals surface area contributed by atoms with E-state index in [9.17, 15) is 0 Å². The molecular weight excluding hydrogens is 477 g/mol. The van der Waals surface area contributed by atoms with Crippen molar-refractivity contribution in [1.82, 2.24) is 20.4 Å². The number of benzene rings is 1. The first kappa shape index (κ1) is 26.1. The summed E-state index contributed by atoms with van der Waals surface area (Å²) in [6, 6.07) is 11.0. The van der Waals surface area contributed by atoms with E-state index in [0.717, 1.165) is 78.0 Å². The number of morpholine rings is 1. The predicted molar refractivity (Wildman–Crippen MR) is 133 cm³/mol. The smallest absolute Gasteiger partial charge is 0.191 e. The lowest BCUT2D eigenvalue weighted by Crippen LogP contribution is -2.41. The van der Waals surface area contributed by atoms with Crippen LogP contribution in [0.2, 0.25) is 0 Å². The fourth-order valence-electron chi connectivity index (χ4n) is 3.62. The predicted octanol–water partition coefficient (Wildman–Crippen LogP) is 2.96. The van der Waals surface area contributed by atoms with Crippen LogP contribution >= 0.6 is 24.0 Å². The van der Waals surface area contributed by atoms with Gasteiger partial charge in [-0.2, -0.15) is 0 Å². The number of likely N-dealkylation sites (N-methyl/N-ethyl adjacent to an activating group) is 1. The van der Waals surface area contributed by atoms with Crippen molar-refractivity contribution in [3.8, 4) is 0 Å². The number of nitrogens with zero attached hydrogens (tertiary/aromatic N) is 3. The average molecular weight is 518 g/mol. The van der Waals surface area contributed by atoms with Crippen LogP contribution < -0.4 is 10.6 Å². The van der Waals surface area contributed by atoms with Crippen LogP contribution in [0.25, 0.3) is 0 Å². The molecule has 29 heavy (non-hydrogen) atoms. The van der Waals surface area contributed by atoms with Gasteiger partial charge in [0, 0.05) is 26.2 Å². The molecule has 7 heteroatoms. The van der Waals surface area contributed by atoms with E-state index in [1.165, 1.54) is 5.56 Å². The monoisotopic (exact) mass is 517 g/mol. The maximum atomic E-state index is 5.41. The van der Waals surface area contributed by atoms with Gasteiger partial charge in [-0.15, -0.1) is 24.0 Å². The summed E-state index contributed by atoms with van der Waals surface area (Å²) in [5, 5.41) is 6.89. The molecule has 1 fully saturated rings. The summed E-state index contributed by atoms with van der Waals surface area (Å²) in [6.45, 7) is 16.1. The first-order valence-corrected chi connectivity index (χ1v) is 10.9. The van der Waals surface area contributed by atoms with Crippen LogP contribution in [0.4, 0.5) is 0 Å². The maximum absolute atomic E-state index is 5.41. The van der Waals surface area contributed by atoms with E-state index in [1.807, 2.05) is 0 Å². The third-order valence-electron chi connectivity index (χ3n) is 5.25. The third kappa shape index (κ3) is 9.63. The van der Waals surface area contributed by atoms with Crippen molar-refractivity contribution in [3.63, 3.8) is 0 Å². The highest BCUT2D eigenvalue weighted by molar-refractivity contribution is 14.0. The number of rotatable bonds is 11. The van der Waals surface area contributed by atoms with E-state index in [2.05, 4.69) is 71.5 Å². The summed E-state index contributed by atoms with van der Waals surface area (Å²) in [7, 11) is 0. The van der Waals surface area contributed by atoms with E-state index in [4.69, 9.17) is 9.73 Å². The molecule has 1 aromatic carbocycles. The topological polar surface area (TPSA) is 52.1 Å². The van der Waals surface area contributed by atoms with Gasteiger partial charge in [-0.3, -0.25) is 14.8 Å². The molecule has 1 aliphatic heterocycles. The normalized spacial score (nSPS) is 16.3. The Balaban J connectivity index is 0.00000420. The van der Waals surface area contributed by atoms with Crippen molar-refractivity contribution in [2.75, 3.05) is 65.6 Å². The van der Waals surface area contributed by atoms with Crippen LogP contribution in [-0.2, 0) is 4.74 Å². The number of hydrogen-bond acceptors (Lipinski definition) is 4. The zero-order valence-corrected chi connectivity index (χ0v) is 20.7. The van der Waals surface area contributed by atoms with E-state index in [0.29, 0.717) is 6.04 Å². The summed E-state index contributed by atoms with van der Waals surface area (Å²) in [4.78, 5) is 9.86. The van der Waals surface area contributed by atoms with Gasteiger partial charge in [-0.05, 0) is 38.5 Å². The Labute approximate surface area is 194 Å². The van der Waals surface area contributed by atoms with E-state index < -0.39 is 0 Å². The molecule has 1 aromatic rings. The highest BCUT2D eigenvalue weighted by Crippen LogP contribution is 2.20. The minimum atomic E-state index is 0. The molecular formula is C22H40IN5O. The summed E-state index contributed by atoms with van der Waals surface area (Å²) in [6.07, 6.45) is 1.11. The molecule has 2 rings (SSSR count). The summed E-state index contributed by atoms with van der Waals surface area (Å²) < 4.78 is 5.41. The first-order chi connectivity index (χ1) is 13.8. The molecule has 6 nitrogen and oxygen atoms in total. The minimum Gasteiger partial charge on any atom is -0.379 e. The standard InChI is InChI=1S/C22H39N5O.HI/c1-4-23-22(24-13-10-14-26-15-17-28-18-16-26)25-19-21(27(5-2)6-3)20-11-8-7-9-12-20;/h7-9,11-12,21H,4-6,10,13-19H2,1-3H3,(H2,23,24,25);1H. The molecule has 0 aliphatic carbocycles. The Morgan fingerprint density at radius 1 is 1.10 bits per heavy atom. The quantitative estimate of drug-likeness (QED) is 0.205. The lowest BCUT2D eigenvalue weighted by Gasteiger charge is -2.29. The highest BCUT2D eigenvalue weighted by atomic mass is 127. The number of nitrogens with one attached hydrogen (secondary N) is 2. The number of ether oxygens (including phenoxy) is 1. The van der Waals surface area contributed by atoms with Gasteiger partial charge in [-0.25, -0.2) is 0 Å². The molecule has 166 valence electrons. The molecule has 0 radical (unpaired) electrons. The molecule has 0 saturated carbocycles. The molecule has 1 unspecified atom stereocenters. The maximum Gasteiger partial charge on any atom is 0.191 e. The fourth-order valence-corrected chi connectivity index (χ4v) is 3.62. The SMILES string of the molecule is CCNC(=NCC(c1ccccc1)N(CC)CC)NCCCN1CCOCC1.I. The van der Waals surface area contributed by atoms with Gasteiger partial charge in [-0.1, -0.05) is 44.2 Å². The lowest BCUT2D eigenvalue weighted by molar-refractivity contribution is 0.0376. The number of aliphatic imine (C=N–C) groups is 1. The van der Waals surface area contributed by atoms with Gasteiger partial charge in [0.2, 0.25) is 0 Å². The summed E-state index contributed by atoms with van der Waals surface area (Å²) >= 11 is 0. The van der Waals surface area contributed by atoms with Crippen molar-refractivity contribution < 1.29 is 4.74 Å². The van der Waals surface area contributed by atoms with Crippen LogP contribution in [0.1, 0.15) is 38.8 Å². The fraction of sp³-hybridized carbons (Fsp3) is 0.682. The largest absolute Gasteiger partial charge is 0.379 e. The van der Waals surface area contributed by atoms with E-state index in [-0.39, 0.29) is 24.0 Å². The van der Waals surface area contributed by atoms with Crippen molar-refractivity contribution >= 4 is 29.9 Å². The van der Waals surface area contributed by atoms with Crippen molar-refractivity contribution in [3.05, 3.63) is 35.9 Å². The molecule has 1 heterocycles. The van der Waals surface area contributed by atoms with Gasteiger partial charge in [0.25, 0.3) is 0 Å². The summed E-state index contributed by atoms with van der Waals surface area (Å²) in [5.41, 5.74) is 1.33. The zero-order valence-electron chi connectivity index (χ0n) is 18.4. The molecule has 2 N–H and O–H groups in total. The number of halogens is 1. The van der Waals surface area contributed by atoms with Gasteiger partial charge < -0.3 is 15.4 Å². The van der Waals surface area contributed by atoms with Crippen LogP contribution in [0.15, 0.2) is 35.3 Å². The molecule has 1 aliphatic rings. The molecule has 0 bridgehead atoms. The Bertz CT molecular complexity index is 547. The molecule has 0 spiro atoms. The van der Waals surface area contributed by atoms with Crippen LogP contribution in [-0.4, -0.2) is 81.3 Å². The second-order valence-electron chi connectivity index (χ2n) is 7.10. The zero-order chi connectivity index (χ0) is 20.0. The molecule has 1 atom stereocenters. The second-order valence-corrected chi connectivity index (χ2v) is 7.10. The van der Waals surface area contributed by atoms with Gasteiger partial charge >= 0.3 is 0 Å². The lowest BCUT2D eigenvalue weighted by atomic mass is 10.1. The molecule has 1 saturated heterocycles. The van der Waals surface area contributed by atoms with Gasteiger partial charge in [0.1, 0.15) is 0 Å². The van der Waals surface area contributed by atoms with Crippen LogP contribution in [0.5, 0.6) is 0 Å². The van der Waals surface area contributed by atoms with Gasteiger partial charge in [0.05, 0.1) is 25.8 Å².